The number of aromatic amines is 1. The Morgan fingerprint density at radius 2 is 2.18 bits per heavy atom. The highest BCUT2D eigenvalue weighted by molar-refractivity contribution is 7.71. The zero-order valence-electron chi connectivity index (χ0n) is 8.95. The van der Waals surface area contributed by atoms with Crippen LogP contribution in [0.5, 0.6) is 11.5 Å². The lowest BCUT2D eigenvalue weighted by molar-refractivity contribution is 0.403. The largest absolute Gasteiger partial charge is 0.504 e. The van der Waals surface area contributed by atoms with Gasteiger partial charge in [-0.3, -0.25) is 5.10 Å². The lowest BCUT2D eigenvalue weighted by Crippen LogP contribution is -1.93. The summed E-state index contributed by atoms with van der Waals surface area (Å²) in [4.78, 5) is 0. The van der Waals surface area contributed by atoms with Gasteiger partial charge in [-0.25, -0.2) is 0 Å². The minimum absolute atomic E-state index is 0.168. The monoisotopic (exact) mass is 250 g/mol. The van der Waals surface area contributed by atoms with Crippen LogP contribution in [0, 0.1) is 11.7 Å². The predicted octanol–water partition coefficient (Wildman–Crippen LogP) is 1.54. The van der Waals surface area contributed by atoms with Crippen molar-refractivity contribution in [2.75, 3.05) is 0 Å². The molecule has 88 valence electrons. The van der Waals surface area contributed by atoms with Gasteiger partial charge in [-0.15, -0.1) is 0 Å². The molecule has 7 heteroatoms. The Kier molecular flexibility index (Phi) is 2.92. The van der Waals surface area contributed by atoms with Crippen molar-refractivity contribution in [3.05, 3.63) is 34.4 Å². The SMILES string of the molecule is Cc1n[nH]c(=S)n1/N=C\c1ccc(O)c(O)c1. The summed E-state index contributed by atoms with van der Waals surface area (Å²) in [6.07, 6.45) is 1.51. The molecule has 0 radical (unpaired) electrons. The molecule has 3 N–H and O–H groups in total. The van der Waals surface area contributed by atoms with Gasteiger partial charge in [-0.05, 0) is 42.9 Å². The van der Waals surface area contributed by atoms with Crippen molar-refractivity contribution in [1.29, 1.82) is 0 Å². The number of nitrogens with zero attached hydrogens (tertiary/aromatic N) is 3. The van der Waals surface area contributed by atoms with E-state index in [2.05, 4.69) is 15.3 Å². The molecule has 0 aliphatic rings. The van der Waals surface area contributed by atoms with E-state index in [0.29, 0.717) is 16.2 Å². The van der Waals surface area contributed by atoms with Crippen LogP contribution in [0.2, 0.25) is 0 Å². The molecule has 0 bridgehead atoms. The fourth-order valence-electron chi connectivity index (χ4n) is 1.25. The molecule has 0 aliphatic carbocycles. The number of benzene rings is 1. The molecule has 0 unspecified atom stereocenters. The zero-order chi connectivity index (χ0) is 12.4. The third-order valence-electron chi connectivity index (χ3n) is 2.13. The molecular formula is C10H10N4O2S. The molecule has 0 spiro atoms. The minimum Gasteiger partial charge on any atom is -0.504 e. The highest BCUT2D eigenvalue weighted by Gasteiger charge is 2.00. The van der Waals surface area contributed by atoms with Gasteiger partial charge in [0.05, 0.1) is 6.21 Å². The van der Waals surface area contributed by atoms with Gasteiger partial charge >= 0.3 is 0 Å². The Morgan fingerprint density at radius 1 is 1.41 bits per heavy atom. The number of aryl methyl sites for hydroxylation is 1. The summed E-state index contributed by atoms with van der Waals surface area (Å²) >= 11 is 4.98. The van der Waals surface area contributed by atoms with Crippen molar-refractivity contribution in [1.82, 2.24) is 14.9 Å². The molecule has 2 rings (SSSR count). The van der Waals surface area contributed by atoms with Gasteiger partial charge in [0, 0.05) is 0 Å². The van der Waals surface area contributed by atoms with Crippen molar-refractivity contribution < 1.29 is 10.2 Å². The first kappa shape index (κ1) is 11.3. The molecule has 0 fully saturated rings. The van der Waals surface area contributed by atoms with Crippen LogP contribution in [0.3, 0.4) is 0 Å². The Bertz CT molecular complexity index is 629. The highest BCUT2D eigenvalue weighted by Crippen LogP contribution is 2.23. The molecule has 0 atom stereocenters. The van der Waals surface area contributed by atoms with E-state index in [4.69, 9.17) is 17.3 Å². The quantitative estimate of drug-likeness (QED) is 0.428. The van der Waals surface area contributed by atoms with Crippen LogP contribution >= 0.6 is 12.2 Å². The van der Waals surface area contributed by atoms with E-state index in [9.17, 15) is 5.11 Å². The van der Waals surface area contributed by atoms with Crippen LogP contribution in [-0.4, -0.2) is 31.3 Å². The van der Waals surface area contributed by atoms with Gasteiger partial charge in [-0.1, -0.05) is 0 Å². The van der Waals surface area contributed by atoms with Crippen LogP contribution in [0.4, 0.5) is 0 Å². The summed E-state index contributed by atoms with van der Waals surface area (Å²) in [7, 11) is 0. The van der Waals surface area contributed by atoms with Gasteiger partial charge in [0.15, 0.2) is 11.5 Å². The van der Waals surface area contributed by atoms with Crippen molar-refractivity contribution in [3.8, 4) is 11.5 Å². The van der Waals surface area contributed by atoms with E-state index in [-0.39, 0.29) is 11.5 Å². The van der Waals surface area contributed by atoms with E-state index in [1.165, 1.54) is 23.0 Å². The van der Waals surface area contributed by atoms with Crippen LogP contribution < -0.4 is 0 Å². The van der Waals surface area contributed by atoms with Crippen LogP contribution in [0.1, 0.15) is 11.4 Å². The average Bonchev–Trinajstić information content (AvgIpc) is 2.61. The van der Waals surface area contributed by atoms with Gasteiger partial charge in [0.1, 0.15) is 5.82 Å². The fourth-order valence-corrected chi connectivity index (χ4v) is 1.48. The molecule has 6 nitrogen and oxygen atoms in total. The molecule has 0 amide bonds. The number of aromatic nitrogens is 3. The van der Waals surface area contributed by atoms with Crippen molar-refractivity contribution >= 4 is 18.4 Å². The third-order valence-corrected chi connectivity index (χ3v) is 2.40. The Morgan fingerprint density at radius 3 is 2.76 bits per heavy atom. The number of nitrogens with one attached hydrogen (secondary N) is 1. The molecule has 17 heavy (non-hydrogen) atoms. The van der Waals surface area contributed by atoms with Gasteiger partial charge in [0.25, 0.3) is 0 Å². The summed E-state index contributed by atoms with van der Waals surface area (Å²) in [5, 5.41) is 29.1. The van der Waals surface area contributed by atoms with E-state index >= 15 is 0 Å². The lowest BCUT2D eigenvalue weighted by Gasteiger charge is -1.98. The van der Waals surface area contributed by atoms with Crippen LogP contribution in [0.25, 0.3) is 0 Å². The third kappa shape index (κ3) is 2.34. The summed E-state index contributed by atoms with van der Waals surface area (Å²) in [5.41, 5.74) is 0.641. The highest BCUT2D eigenvalue weighted by atomic mass is 32.1. The van der Waals surface area contributed by atoms with Gasteiger partial charge in [-0.2, -0.15) is 14.9 Å². The van der Waals surface area contributed by atoms with Crippen molar-refractivity contribution in [2.45, 2.75) is 6.92 Å². The van der Waals surface area contributed by atoms with Crippen molar-refractivity contribution in [2.24, 2.45) is 5.10 Å². The Hall–Kier alpha value is -2.15. The number of phenols is 2. The smallest absolute Gasteiger partial charge is 0.216 e. The molecular weight excluding hydrogens is 240 g/mol. The number of rotatable bonds is 2. The van der Waals surface area contributed by atoms with Crippen molar-refractivity contribution in [3.63, 3.8) is 0 Å². The maximum Gasteiger partial charge on any atom is 0.216 e. The number of hydrogen-bond donors (Lipinski definition) is 3. The topological polar surface area (TPSA) is 86.4 Å². The van der Waals surface area contributed by atoms with Gasteiger partial charge in [0.2, 0.25) is 4.77 Å². The second kappa shape index (κ2) is 4.38. The van der Waals surface area contributed by atoms with E-state index in [1.807, 2.05) is 0 Å². The first-order valence-corrected chi connectivity index (χ1v) is 5.19. The molecule has 1 heterocycles. The van der Waals surface area contributed by atoms with E-state index in [0.717, 1.165) is 0 Å². The second-order valence-electron chi connectivity index (χ2n) is 3.38. The second-order valence-corrected chi connectivity index (χ2v) is 3.77. The maximum atomic E-state index is 9.31. The number of hydrogen-bond acceptors (Lipinski definition) is 5. The molecule has 0 aliphatic heterocycles. The summed E-state index contributed by atoms with van der Waals surface area (Å²) in [6, 6.07) is 4.41. The molecule has 1 aromatic heterocycles. The predicted molar refractivity (Wildman–Crippen MR) is 64.9 cm³/mol. The number of aromatic hydroxyl groups is 2. The fraction of sp³-hybridized carbons (Fsp3) is 0.100. The first-order chi connectivity index (χ1) is 8.08. The maximum absolute atomic E-state index is 9.31. The lowest BCUT2D eigenvalue weighted by atomic mass is 10.2. The minimum atomic E-state index is -0.193. The summed E-state index contributed by atoms with van der Waals surface area (Å²) < 4.78 is 1.85. The van der Waals surface area contributed by atoms with E-state index in [1.54, 1.807) is 13.0 Å². The molecule has 0 saturated carbocycles. The number of H-pyrrole nitrogens is 1. The average molecular weight is 250 g/mol. The molecule has 1 aromatic carbocycles. The zero-order valence-corrected chi connectivity index (χ0v) is 9.77. The van der Waals surface area contributed by atoms with Crippen LogP contribution in [-0.2, 0) is 0 Å². The molecule has 0 saturated heterocycles. The van der Waals surface area contributed by atoms with E-state index < -0.39 is 0 Å². The first-order valence-electron chi connectivity index (χ1n) is 4.78. The van der Waals surface area contributed by atoms with Crippen LogP contribution in [0.15, 0.2) is 23.3 Å². The van der Waals surface area contributed by atoms with Gasteiger partial charge < -0.3 is 10.2 Å². The summed E-state index contributed by atoms with van der Waals surface area (Å²) in [5.74, 6) is 0.272. The molecule has 2 aromatic rings. The standard InChI is InChI=1S/C10H10N4O2S/c1-6-12-13-10(17)14(6)11-5-7-2-3-8(15)9(16)4-7/h2-5,15-16H,1H3,(H,13,17)/b11-5-. The normalized spacial score (nSPS) is 11.1. The number of phenolic OH excluding ortho intramolecular Hbond substituents is 2. The Labute approximate surface area is 102 Å². The summed E-state index contributed by atoms with van der Waals surface area (Å²) in [6.45, 7) is 1.76. The Balaban J connectivity index is 2.32.